The molecular weight excluding hydrogens is 280 g/mol. The average molecular weight is 302 g/mol. The van der Waals surface area contributed by atoms with E-state index in [2.05, 4.69) is 41.5 Å². The number of ether oxygens (including phenoxy) is 1. The highest BCUT2D eigenvalue weighted by molar-refractivity contribution is 7.15. The first-order chi connectivity index (χ1) is 10.3. The lowest BCUT2D eigenvalue weighted by Crippen LogP contribution is -2.28. The van der Waals surface area contributed by atoms with E-state index in [-0.39, 0.29) is 0 Å². The summed E-state index contributed by atoms with van der Waals surface area (Å²) >= 11 is 1.77. The second-order valence-electron chi connectivity index (χ2n) is 5.71. The van der Waals surface area contributed by atoms with Crippen molar-refractivity contribution in [2.75, 3.05) is 19.8 Å². The molecule has 0 aliphatic carbocycles. The van der Waals surface area contributed by atoms with Crippen molar-refractivity contribution < 1.29 is 4.74 Å². The Hall–Kier alpha value is -1.23. The van der Waals surface area contributed by atoms with Crippen molar-refractivity contribution in [1.29, 1.82) is 0 Å². The molecular formula is C17H22N2OS. The normalized spacial score (nSPS) is 18.8. The van der Waals surface area contributed by atoms with Crippen LogP contribution in [0.25, 0.3) is 10.6 Å². The first kappa shape index (κ1) is 14.7. The Kier molecular flexibility index (Phi) is 5.01. The zero-order valence-corrected chi connectivity index (χ0v) is 13.3. The van der Waals surface area contributed by atoms with Crippen molar-refractivity contribution in [2.45, 2.75) is 26.3 Å². The van der Waals surface area contributed by atoms with Crippen LogP contribution in [0.3, 0.4) is 0 Å². The fraction of sp³-hybridized carbons (Fsp3) is 0.471. The van der Waals surface area contributed by atoms with Crippen molar-refractivity contribution >= 4 is 11.3 Å². The third kappa shape index (κ3) is 4.13. The molecule has 0 amide bonds. The van der Waals surface area contributed by atoms with Crippen LogP contribution in [0.5, 0.6) is 0 Å². The standard InChI is InChI=1S/C17H22N2OS/c1-13-4-6-15(7-5-13)17-19-11-16(21-17)10-18-9-14-3-2-8-20-12-14/h4-7,11,14,18H,2-3,8-10,12H2,1H3. The number of hydrogen-bond donors (Lipinski definition) is 1. The number of rotatable bonds is 5. The molecule has 3 nitrogen and oxygen atoms in total. The third-order valence-corrected chi connectivity index (χ3v) is 4.89. The van der Waals surface area contributed by atoms with E-state index in [0.29, 0.717) is 5.92 Å². The highest BCUT2D eigenvalue weighted by Crippen LogP contribution is 2.25. The summed E-state index contributed by atoms with van der Waals surface area (Å²) in [5, 5.41) is 4.64. The van der Waals surface area contributed by atoms with Gasteiger partial charge in [-0.1, -0.05) is 29.8 Å². The van der Waals surface area contributed by atoms with Gasteiger partial charge in [-0.3, -0.25) is 0 Å². The van der Waals surface area contributed by atoms with E-state index in [1.54, 1.807) is 11.3 Å². The van der Waals surface area contributed by atoms with E-state index in [4.69, 9.17) is 4.74 Å². The molecule has 1 fully saturated rings. The summed E-state index contributed by atoms with van der Waals surface area (Å²) in [5.41, 5.74) is 2.49. The first-order valence-electron chi connectivity index (χ1n) is 7.61. The number of nitrogens with zero attached hydrogens (tertiary/aromatic N) is 1. The molecule has 1 aromatic carbocycles. The van der Waals surface area contributed by atoms with Crippen molar-refractivity contribution in [2.24, 2.45) is 5.92 Å². The Labute approximate surface area is 130 Å². The van der Waals surface area contributed by atoms with Crippen LogP contribution in [0, 0.1) is 12.8 Å². The van der Waals surface area contributed by atoms with Gasteiger partial charge in [0.15, 0.2) is 0 Å². The second kappa shape index (κ2) is 7.16. The van der Waals surface area contributed by atoms with Gasteiger partial charge in [-0.2, -0.15) is 0 Å². The molecule has 0 radical (unpaired) electrons. The Morgan fingerprint density at radius 2 is 2.19 bits per heavy atom. The van der Waals surface area contributed by atoms with Crippen molar-refractivity contribution in [3.63, 3.8) is 0 Å². The van der Waals surface area contributed by atoms with Gasteiger partial charge < -0.3 is 10.1 Å². The molecule has 112 valence electrons. The number of hydrogen-bond acceptors (Lipinski definition) is 4. The van der Waals surface area contributed by atoms with Gasteiger partial charge in [-0.05, 0) is 25.7 Å². The van der Waals surface area contributed by atoms with Crippen molar-refractivity contribution in [1.82, 2.24) is 10.3 Å². The van der Waals surface area contributed by atoms with Crippen LogP contribution < -0.4 is 5.32 Å². The lowest BCUT2D eigenvalue weighted by atomic mass is 10.0. The van der Waals surface area contributed by atoms with E-state index >= 15 is 0 Å². The topological polar surface area (TPSA) is 34.2 Å². The van der Waals surface area contributed by atoms with Gasteiger partial charge >= 0.3 is 0 Å². The molecule has 1 aromatic heterocycles. The Morgan fingerprint density at radius 3 is 2.95 bits per heavy atom. The second-order valence-corrected chi connectivity index (χ2v) is 6.83. The molecule has 1 saturated heterocycles. The highest BCUT2D eigenvalue weighted by Gasteiger charge is 2.13. The zero-order chi connectivity index (χ0) is 14.5. The lowest BCUT2D eigenvalue weighted by Gasteiger charge is -2.22. The highest BCUT2D eigenvalue weighted by atomic mass is 32.1. The Bertz CT molecular complexity index is 558. The molecule has 2 aromatic rings. The van der Waals surface area contributed by atoms with Crippen LogP contribution in [0.1, 0.15) is 23.3 Å². The zero-order valence-electron chi connectivity index (χ0n) is 12.5. The lowest BCUT2D eigenvalue weighted by molar-refractivity contribution is 0.0548. The first-order valence-corrected chi connectivity index (χ1v) is 8.43. The number of nitrogens with one attached hydrogen (secondary N) is 1. The minimum atomic E-state index is 0.670. The van der Waals surface area contributed by atoms with Gasteiger partial charge in [0.2, 0.25) is 0 Å². The minimum absolute atomic E-state index is 0.670. The molecule has 1 aliphatic heterocycles. The van der Waals surface area contributed by atoms with Crippen LogP contribution in [0.15, 0.2) is 30.5 Å². The predicted molar refractivity (Wildman–Crippen MR) is 87.5 cm³/mol. The summed E-state index contributed by atoms with van der Waals surface area (Å²) in [6.07, 6.45) is 4.47. The van der Waals surface area contributed by atoms with Gasteiger partial charge in [-0.15, -0.1) is 11.3 Å². The Morgan fingerprint density at radius 1 is 1.33 bits per heavy atom. The number of aryl methyl sites for hydroxylation is 1. The SMILES string of the molecule is Cc1ccc(-c2ncc(CNCC3CCCOC3)s2)cc1. The summed E-state index contributed by atoms with van der Waals surface area (Å²) in [6, 6.07) is 8.56. The largest absolute Gasteiger partial charge is 0.381 e. The molecule has 0 saturated carbocycles. The molecule has 1 unspecified atom stereocenters. The van der Waals surface area contributed by atoms with E-state index in [9.17, 15) is 0 Å². The summed E-state index contributed by atoms with van der Waals surface area (Å²) in [5.74, 6) is 0.670. The maximum Gasteiger partial charge on any atom is 0.123 e. The number of aromatic nitrogens is 1. The average Bonchev–Trinajstić information content (AvgIpc) is 2.98. The number of thiazole rings is 1. The summed E-state index contributed by atoms with van der Waals surface area (Å²) in [7, 11) is 0. The molecule has 1 N–H and O–H groups in total. The Balaban J connectivity index is 1.51. The molecule has 1 aliphatic rings. The minimum Gasteiger partial charge on any atom is -0.381 e. The van der Waals surface area contributed by atoms with E-state index in [0.717, 1.165) is 31.3 Å². The van der Waals surface area contributed by atoms with Crippen LogP contribution in [-0.4, -0.2) is 24.7 Å². The molecule has 4 heteroatoms. The molecule has 0 spiro atoms. The predicted octanol–water partition coefficient (Wildman–Crippen LogP) is 3.63. The smallest absolute Gasteiger partial charge is 0.123 e. The van der Waals surface area contributed by atoms with Crippen LogP contribution in [-0.2, 0) is 11.3 Å². The van der Waals surface area contributed by atoms with Crippen LogP contribution >= 0.6 is 11.3 Å². The summed E-state index contributed by atoms with van der Waals surface area (Å²) in [4.78, 5) is 5.83. The van der Waals surface area contributed by atoms with Gasteiger partial charge in [0.25, 0.3) is 0 Å². The summed E-state index contributed by atoms with van der Waals surface area (Å²) in [6.45, 7) is 5.89. The van der Waals surface area contributed by atoms with E-state index < -0.39 is 0 Å². The monoisotopic (exact) mass is 302 g/mol. The van der Waals surface area contributed by atoms with Gasteiger partial charge in [0.1, 0.15) is 5.01 Å². The van der Waals surface area contributed by atoms with Crippen LogP contribution in [0.4, 0.5) is 0 Å². The van der Waals surface area contributed by atoms with Gasteiger partial charge in [0, 0.05) is 36.3 Å². The molecule has 0 bridgehead atoms. The van der Waals surface area contributed by atoms with Crippen LogP contribution in [0.2, 0.25) is 0 Å². The van der Waals surface area contributed by atoms with Gasteiger partial charge in [0.05, 0.1) is 6.61 Å². The maximum atomic E-state index is 5.51. The fourth-order valence-corrected chi connectivity index (χ4v) is 3.47. The van der Waals surface area contributed by atoms with E-state index in [1.807, 2.05) is 6.20 Å². The third-order valence-electron chi connectivity index (χ3n) is 3.84. The number of benzene rings is 1. The van der Waals surface area contributed by atoms with E-state index in [1.165, 1.54) is 28.8 Å². The molecule has 21 heavy (non-hydrogen) atoms. The molecule has 3 rings (SSSR count). The van der Waals surface area contributed by atoms with Gasteiger partial charge in [-0.25, -0.2) is 4.98 Å². The van der Waals surface area contributed by atoms with Crippen molar-refractivity contribution in [3.05, 3.63) is 40.9 Å². The quantitative estimate of drug-likeness (QED) is 0.915. The summed E-state index contributed by atoms with van der Waals surface area (Å²) < 4.78 is 5.51. The maximum absolute atomic E-state index is 5.51. The fourth-order valence-electron chi connectivity index (χ4n) is 2.59. The molecule has 2 heterocycles. The molecule has 1 atom stereocenters. The van der Waals surface area contributed by atoms with Crippen molar-refractivity contribution in [3.8, 4) is 10.6 Å².